The topological polar surface area (TPSA) is 76.0 Å². The van der Waals surface area contributed by atoms with E-state index in [0.29, 0.717) is 10.8 Å². The number of carbonyl (C=O) groups excluding carboxylic acids is 2. The van der Waals surface area contributed by atoms with Gasteiger partial charge >= 0.3 is 11.8 Å². The van der Waals surface area contributed by atoms with Gasteiger partial charge < -0.3 is 10.6 Å². The molecule has 2 aromatic carbocycles. The number of nitrogens with zero attached hydrogens (tertiary/aromatic N) is 2. The smallest absolute Gasteiger partial charge is 0.314 e. The van der Waals surface area contributed by atoms with E-state index in [1.54, 1.807) is 40.7 Å². The van der Waals surface area contributed by atoms with Gasteiger partial charge in [0, 0.05) is 28.6 Å². The van der Waals surface area contributed by atoms with Crippen LogP contribution in [0.25, 0.3) is 5.69 Å². The Morgan fingerprint density at radius 2 is 1.79 bits per heavy atom. The first kappa shape index (κ1) is 18.6. The van der Waals surface area contributed by atoms with Gasteiger partial charge in [-0.05, 0) is 29.8 Å². The number of anilines is 1. The lowest BCUT2D eigenvalue weighted by atomic mass is 10.2. The molecule has 1 aromatic heterocycles. The zero-order valence-electron chi connectivity index (χ0n) is 14.8. The number of nitrogens with one attached hydrogen (secondary N) is 2. The van der Waals surface area contributed by atoms with Gasteiger partial charge in [-0.3, -0.25) is 9.59 Å². The summed E-state index contributed by atoms with van der Waals surface area (Å²) in [5.41, 5.74) is 3.59. The van der Waals surface area contributed by atoms with E-state index in [0.717, 1.165) is 34.0 Å². The summed E-state index contributed by atoms with van der Waals surface area (Å²) in [6.07, 6.45) is 0. The molecule has 0 radical (unpaired) electrons. The highest BCUT2D eigenvalue weighted by atomic mass is 35.5. The molecule has 0 fully saturated rings. The van der Waals surface area contributed by atoms with Gasteiger partial charge in [-0.1, -0.05) is 41.9 Å². The van der Waals surface area contributed by atoms with Gasteiger partial charge in [-0.25, -0.2) is 4.68 Å². The highest BCUT2D eigenvalue weighted by Gasteiger charge is 2.26. The first-order valence-corrected chi connectivity index (χ1v) is 10.2. The zero-order valence-corrected chi connectivity index (χ0v) is 16.4. The minimum Gasteiger partial charge on any atom is -0.344 e. The SMILES string of the molecule is O=C(NCc1ccc(Cl)cc1)C(=O)Nc1c2c(nn1-c1ccccc1)CSC2. The lowest BCUT2D eigenvalue weighted by molar-refractivity contribution is -0.136. The second-order valence-electron chi connectivity index (χ2n) is 6.28. The summed E-state index contributed by atoms with van der Waals surface area (Å²) in [6.45, 7) is 0.245. The van der Waals surface area contributed by atoms with Crippen LogP contribution in [0, 0.1) is 0 Å². The van der Waals surface area contributed by atoms with E-state index < -0.39 is 11.8 Å². The Morgan fingerprint density at radius 1 is 1.04 bits per heavy atom. The van der Waals surface area contributed by atoms with Crippen molar-refractivity contribution in [1.82, 2.24) is 15.1 Å². The van der Waals surface area contributed by atoms with E-state index in [1.807, 2.05) is 30.3 Å². The summed E-state index contributed by atoms with van der Waals surface area (Å²) in [5, 5.41) is 10.6. The van der Waals surface area contributed by atoms with Gasteiger partial charge in [0.15, 0.2) is 0 Å². The van der Waals surface area contributed by atoms with Gasteiger partial charge in [-0.15, -0.1) is 0 Å². The molecule has 0 atom stereocenters. The molecule has 1 aliphatic heterocycles. The Balaban J connectivity index is 1.49. The largest absolute Gasteiger partial charge is 0.344 e. The minimum atomic E-state index is -0.717. The lowest BCUT2D eigenvalue weighted by Gasteiger charge is -2.11. The maximum absolute atomic E-state index is 12.5. The number of carbonyl (C=O) groups is 2. The second-order valence-corrected chi connectivity index (χ2v) is 7.70. The summed E-state index contributed by atoms with van der Waals surface area (Å²) < 4.78 is 1.69. The molecule has 0 saturated carbocycles. The number of halogens is 1. The average Bonchev–Trinajstić information content (AvgIpc) is 3.30. The molecule has 0 unspecified atom stereocenters. The second kappa shape index (κ2) is 8.08. The van der Waals surface area contributed by atoms with E-state index >= 15 is 0 Å². The molecule has 0 saturated heterocycles. The molecule has 6 nitrogen and oxygen atoms in total. The average molecular weight is 413 g/mol. The third-order valence-corrected chi connectivity index (χ3v) is 5.58. The van der Waals surface area contributed by atoms with Crippen LogP contribution in [-0.2, 0) is 27.6 Å². The number of amides is 2. The Hall–Kier alpha value is -2.77. The molecule has 2 amide bonds. The standard InChI is InChI=1S/C20H17ClN4O2S/c21-14-8-6-13(7-9-14)10-22-19(26)20(27)23-18-16-11-28-12-17(16)24-25(18)15-4-2-1-3-5-15/h1-9H,10-12H2,(H,22,26)(H,23,27). The van der Waals surface area contributed by atoms with Crippen LogP contribution >= 0.6 is 23.4 Å². The molecule has 2 heterocycles. The minimum absolute atomic E-state index is 0.245. The fraction of sp³-hybridized carbons (Fsp3) is 0.150. The number of benzene rings is 2. The van der Waals surface area contributed by atoms with Crippen LogP contribution in [0.5, 0.6) is 0 Å². The van der Waals surface area contributed by atoms with Gasteiger partial charge in [0.05, 0.1) is 11.4 Å². The number of hydrogen-bond donors (Lipinski definition) is 2. The lowest BCUT2D eigenvalue weighted by Crippen LogP contribution is -2.35. The van der Waals surface area contributed by atoms with Crippen molar-refractivity contribution in [2.24, 2.45) is 0 Å². The maximum atomic E-state index is 12.5. The van der Waals surface area contributed by atoms with Crippen molar-refractivity contribution in [1.29, 1.82) is 0 Å². The third kappa shape index (κ3) is 3.90. The van der Waals surface area contributed by atoms with Gasteiger partial charge in [0.1, 0.15) is 5.82 Å². The summed E-state index contributed by atoms with van der Waals surface area (Å²) in [7, 11) is 0. The Kier molecular flexibility index (Phi) is 5.36. The van der Waals surface area contributed by atoms with Crippen LogP contribution in [0.2, 0.25) is 5.02 Å². The summed E-state index contributed by atoms with van der Waals surface area (Å²) in [5.74, 6) is 0.684. The van der Waals surface area contributed by atoms with Crippen molar-refractivity contribution in [2.45, 2.75) is 18.1 Å². The highest BCUT2D eigenvalue weighted by molar-refractivity contribution is 7.98. The van der Waals surface area contributed by atoms with Crippen LogP contribution < -0.4 is 10.6 Å². The van der Waals surface area contributed by atoms with E-state index in [4.69, 9.17) is 11.6 Å². The van der Waals surface area contributed by atoms with Gasteiger partial charge in [0.2, 0.25) is 0 Å². The number of aromatic nitrogens is 2. The molecule has 0 aliphatic carbocycles. The van der Waals surface area contributed by atoms with Crippen LogP contribution in [0.4, 0.5) is 5.82 Å². The van der Waals surface area contributed by atoms with Crippen LogP contribution in [0.15, 0.2) is 54.6 Å². The fourth-order valence-corrected chi connectivity index (χ4v) is 4.09. The third-order valence-electron chi connectivity index (χ3n) is 4.36. The Morgan fingerprint density at radius 3 is 2.54 bits per heavy atom. The summed E-state index contributed by atoms with van der Waals surface area (Å²) >= 11 is 7.59. The summed E-state index contributed by atoms with van der Waals surface area (Å²) in [6, 6.07) is 16.6. The molecule has 0 bridgehead atoms. The number of para-hydroxylation sites is 1. The number of thioether (sulfide) groups is 1. The highest BCUT2D eigenvalue weighted by Crippen LogP contribution is 2.35. The molecule has 142 valence electrons. The zero-order chi connectivity index (χ0) is 19.5. The Bertz CT molecular complexity index is 1020. The molecule has 28 heavy (non-hydrogen) atoms. The fourth-order valence-electron chi connectivity index (χ4n) is 2.93. The van der Waals surface area contributed by atoms with Crippen molar-refractivity contribution in [2.75, 3.05) is 5.32 Å². The maximum Gasteiger partial charge on any atom is 0.314 e. The van der Waals surface area contributed by atoms with Gasteiger partial charge in [0.25, 0.3) is 0 Å². The van der Waals surface area contributed by atoms with Crippen molar-refractivity contribution in [3.05, 3.63) is 76.4 Å². The van der Waals surface area contributed by atoms with Crippen LogP contribution in [-0.4, -0.2) is 21.6 Å². The first-order valence-electron chi connectivity index (χ1n) is 8.69. The molecule has 4 rings (SSSR count). The normalized spacial score (nSPS) is 12.5. The molecule has 0 spiro atoms. The molecular weight excluding hydrogens is 396 g/mol. The van der Waals surface area contributed by atoms with Crippen molar-refractivity contribution in [3.63, 3.8) is 0 Å². The predicted molar refractivity (Wildman–Crippen MR) is 110 cm³/mol. The molecule has 1 aliphatic rings. The van der Waals surface area contributed by atoms with E-state index in [1.165, 1.54) is 0 Å². The van der Waals surface area contributed by atoms with Crippen molar-refractivity contribution >= 4 is 41.0 Å². The Labute approximate surface area is 171 Å². The van der Waals surface area contributed by atoms with Gasteiger partial charge in [-0.2, -0.15) is 16.9 Å². The predicted octanol–water partition coefficient (Wildman–Crippen LogP) is 3.53. The van der Waals surface area contributed by atoms with E-state index in [-0.39, 0.29) is 6.54 Å². The quantitative estimate of drug-likeness (QED) is 0.643. The van der Waals surface area contributed by atoms with Crippen LogP contribution in [0.1, 0.15) is 16.8 Å². The summed E-state index contributed by atoms with van der Waals surface area (Å²) in [4.78, 5) is 24.8. The molecule has 2 N–H and O–H groups in total. The number of hydrogen-bond acceptors (Lipinski definition) is 4. The molecular formula is C20H17ClN4O2S. The monoisotopic (exact) mass is 412 g/mol. The van der Waals surface area contributed by atoms with Crippen molar-refractivity contribution in [3.8, 4) is 5.69 Å². The number of rotatable bonds is 4. The van der Waals surface area contributed by atoms with E-state index in [2.05, 4.69) is 15.7 Å². The first-order chi connectivity index (χ1) is 13.6. The van der Waals surface area contributed by atoms with E-state index in [9.17, 15) is 9.59 Å². The van der Waals surface area contributed by atoms with Crippen LogP contribution in [0.3, 0.4) is 0 Å². The molecule has 3 aromatic rings. The molecule has 8 heteroatoms. The van der Waals surface area contributed by atoms with Crippen molar-refractivity contribution < 1.29 is 9.59 Å². The number of fused-ring (bicyclic) bond motifs is 1.